The Kier molecular flexibility index (Phi) is 12.0. The van der Waals surface area contributed by atoms with Crippen LogP contribution in [0.5, 0.6) is 5.75 Å². The third-order valence-corrected chi connectivity index (χ3v) is 11.1. The number of methoxy groups -OCH3 is 1. The molecule has 0 unspecified atom stereocenters. The van der Waals surface area contributed by atoms with E-state index in [1.807, 2.05) is 68.4 Å². The molecule has 8 nitrogen and oxygen atoms in total. The molecule has 1 fully saturated rings. The number of hydrogen-bond donors (Lipinski definition) is 1. The van der Waals surface area contributed by atoms with E-state index in [0.29, 0.717) is 5.75 Å². The Morgan fingerprint density at radius 2 is 1.49 bits per heavy atom. The molecule has 1 saturated carbocycles. The first-order valence-corrected chi connectivity index (χ1v) is 18.5. The number of nitrogens with one attached hydrogen (secondary N) is 1. The lowest BCUT2D eigenvalue weighted by Gasteiger charge is -2.35. The second kappa shape index (κ2) is 16.4. The van der Waals surface area contributed by atoms with E-state index in [4.69, 9.17) is 16.3 Å². The van der Waals surface area contributed by atoms with Gasteiger partial charge in [-0.25, -0.2) is 8.42 Å². The smallest absolute Gasteiger partial charge is 0.264 e. The zero-order valence-electron chi connectivity index (χ0n) is 28.3. The molecular formula is C39H44ClN3O5S. The lowest BCUT2D eigenvalue weighted by molar-refractivity contribution is -0.140. The van der Waals surface area contributed by atoms with Gasteiger partial charge < -0.3 is 15.0 Å². The molecule has 4 aromatic carbocycles. The van der Waals surface area contributed by atoms with E-state index in [1.54, 1.807) is 24.3 Å². The number of nitrogens with zero attached hydrogens (tertiary/aromatic N) is 2. The summed E-state index contributed by atoms with van der Waals surface area (Å²) in [7, 11) is -2.78. The minimum atomic E-state index is -4.26. The molecule has 0 bridgehead atoms. The monoisotopic (exact) mass is 701 g/mol. The minimum Gasteiger partial charge on any atom is -0.495 e. The highest BCUT2D eigenvalue weighted by atomic mass is 35.5. The molecule has 1 aliphatic carbocycles. The molecule has 258 valence electrons. The van der Waals surface area contributed by atoms with Crippen molar-refractivity contribution < 1.29 is 22.7 Å². The summed E-state index contributed by atoms with van der Waals surface area (Å²) >= 11 is 6.49. The van der Waals surface area contributed by atoms with Gasteiger partial charge in [0.15, 0.2) is 0 Å². The molecule has 10 heteroatoms. The van der Waals surface area contributed by atoms with Crippen LogP contribution < -0.4 is 14.4 Å². The van der Waals surface area contributed by atoms with Crippen molar-refractivity contribution in [2.45, 2.75) is 75.9 Å². The number of benzene rings is 4. The van der Waals surface area contributed by atoms with Gasteiger partial charge in [0.25, 0.3) is 10.0 Å². The van der Waals surface area contributed by atoms with E-state index in [0.717, 1.165) is 58.7 Å². The van der Waals surface area contributed by atoms with Crippen LogP contribution in [0.15, 0.2) is 102 Å². The zero-order valence-corrected chi connectivity index (χ0v) is 29.8. The summed E-state index contributed by atoms with van der Waals surface area (Å²) in [4.78, 5) is 30.6. The van der Waals surface area contributed by atoms with Crippen molar-refractivity contribution in [2.75, 3.05) is 18.0 Å². The van der Waals surface area contributed by atoms with Gasteiger partial charge >= 0.3 is 0 Å². The molecule has 49 heavy (non-hydrogen) atoms. The van der Waals surface area contributed by atoms with Crippen LogP contribution in [-0.2, 0) is 32.6 Å². The average Bonchev–Trinajstić information content (AvgIpc) is 3.10. The number of anilines is 1. The van der Waals surface area contributed by atoms with Gasteiger partial charge in [-0.1, -0.05) is 109 Å². The summed E-state index contributed by atoms with van der Waals surface area (Å²) in [6, 6.07) is 27.5. The van der Waals surface area contributed by atoms with Gasteiger partial charge in [0, 0.05) is 19.0 Å². The predicted octanol–water partition coefficient (Wildman–Crippen LogP) is 7.25. The molecule has 5 rings (SSSR count). The second-order valence-electron chi connectivity index (χ2n) is 12.7. The van der Waals surface area contributed by atoms with Gasteiger partial charge in [0.1, 0.15) is 18.3 Å². The Morgan fingerprint density at radius 3 is 2.10 bits per heavy atom. The van der Waals surface area contributed by atoms with E-state index >= 15 is 0 Å². The van der Waals surface area contributed by atoms with Crippen molar-refractivity contribution in [3.05, 3.63) is 124 Å². The number of hydrogen-bond acceptors (Lipinski definition) is 5. The molecule has 1 aliphatic rings. The van der Waals surface area contributed by atoms with Gasteiger partial charge in [0.2, 0.25) is 11.8 Å². The van der Waals surface area contributed by atoms with Crippen LogP contribution >= 0.6 is 11.6 Å². The Hall–Kier alpha value is -4.34. The third kappa shape index (κ3) is 9.22. The maximum Gasteiger partial charge on any atom is 0.264 e. The van der Waals surface area contributed by atoms with Crippen molar-refractivity contribution in [2.24, 2.45) is 0 Å². The van der Waals surface area contributed by atoms with Gasteiger partial charge in [-0.2, -0.15) is 0 Å². The molecule has 0 aromatic heterocycles. The Morgan fingerprint density at radius 1 is 0.857 bits per heavy atom. The number of ether oxygens (including phenoxy) is 1. The molecule has 2 amide bonds. The molecule has 0 spiro atoms. The standard InChI is InChI=1S/C39H44ClN3O5S/c1-28-14-18-31(19-15-28)26-42(36(24-30-10-6-4-7-11-30)39(45)41-32-12-8-5-9-13-32)38(44)27-43(33-20-23-37(48-3)35(40)25-33)49(46,47)34-21-16-29(2)17-22-34/h4,6-7,10-11,14-23,25,32,36H,5,8-9,12-13,24,26-27H2,1-3H3,(H,41,45)/t36-/m1/s1. The quantitative estimate of drug-likeness (QED) is 0.159. The van der Waals surface area contributed by atoms with Crippen molar-refractivity contribution in [1.29, 1.82) is 0 Å². The highest BCUT2D eigenvalue weighted by Crippen LogP contribution is 2.32. The van der Waals surface area contributed by atoms with Crippen molar-refractivity contribution in [3.8, 4) is 5.75 Å². The highest BCUT2D eigenvalue weighted by molar-refractivity contribution is 7.92. The molecule has 1 N–H and O–H groups in total. The number of carbonyl (C=O) groups is 2. The summed E-state index contributed by atoms with van der Waals surface area (Å²) in [5.41, 5.74) is 3.86. The molecule has 0 aliphatic heterocycles. The van der Waals surface area contributed by atoms with Gasteiger partial charge in [-0.3, -0.25) is 13.9 Å². The van der Waals surface area contributed by atoms with Gasteiger partial charge in [-0.05, 0) is 68.1 Å². The van der Waals surface area contributed by atoms with Crippen LogP contribution in [0.25, 0.3) is 0 Å². The Labute approximate surface area is 295 Å². The largest absolute Gasteiger partial charge is 0.495 e. The first-order valence-electron chi connectivity index (χ1n) is 16.7. The van der Waals surface area contributed by atoms with Crippen LogP contribution in [0, 0.1) is 13.8 Å². The summed E-state index contributed by atoms with van der Waals surface area (Å²) in [5.74, 6) is -0.410. The van der Waals surface area contributed by atoms with E-state index in [1.165, 1.54) is 30.2 Å². The third-order valence-electron chi connectivity index (χ3n) is 9.01. The summed E-state index contributed by atoms with van der Waals surface area (Å²) < 4.78 is 35.0. The van der Waals surface area contributed by atoms with Crippen LogP contribution in [0.4, 0.5) is 5.69 Å². The average molecular weight is 702 g/mol. The topological polar surface area (TPSA) is 96.0 Å². The number of aryl methyl sites for hydroxylation is 2. The van der Waals surface area contributed by atoms with Crippen LogP contribution in [-0.4, -0.2) is 50.9 Å². The second-order valence-corrected chi connectivity index (χ2v) is 15.0. The molecular weight excluding hydrogens is 658 g/mol. The fourth-order valence-corrected chi connectivity index (χ4v) is 7.82. The fraction of sp³-hybridized carbons (Fsp3) is 0.333. The normalized spacial score (nSPS) is 14.1. The molecule has 0 saturated heterocycles. The van der Waals surface area contributed by atoms with Crippen LogP contribution in [0.3, 0.4) is 0 Å². The first kappa shape index (κ1) is 36.0. The van der Waals surface area contributed by atoms with Crippen molar-refractivity contribution in [1.82, 2.24) is 10.2 Å². The fourth-order valence-electron chi connectivity index (χ4n) is 6.17. The number of halogens is 1. The van der Waals surface area contributed by atoms with E-state index in [9.17, 15) is 18.0 Å². The zero-order chi connectivity index (χ0) is 35.0. The maximum absolute atomic E-state index is 14.7. The van der Waals surface area contributed by atoms with Crippen LogP contribution in [0.2, 0.25) is 5.02 Å². The molecule has 0 heterocycles. The lowest BCUT2D eigenvalue weighted by atomic mass is 9.94. The van der Waals surface area contributed by atoms with Crippen molar-refractivity contribution >= 4 is 39.1 Å². The number of rotatable bonds is 13. The number of carbonyl (C=O) groups excluding carboxylic acids is 2. The van der Waals surface area contributed by atoms with Gasteiger partial charge in [-0.15, -0.1) is 0 Å². The Bertz CT molecular complexity index is 1830. The molecule has 4 aromatic rings. The SMILES string of the molecule is COc1ccc(N(CC(=O)N(Cc2ccc(C)cc2)[C@H](Cc2ccccc2)C(=O)NC2CCCCC2)S(=O)(=O)c2ccc(C)cc2)cc1Cl. The number of amides is 2. The summed E-state index contributed by atoms with van der Waals surface area (Å²) in [6.45, 7) is 3.40. The first-order chi connectivity index (χ1) is 23.5. The minimum absolute atomic E-state index is 0.0238. The van der Waals surface area contributed by atoms with Gasteiger partial charge in [0.05, 0.1) is 22.7 Å². The number of sulfonamides is 1. The predicted molar refractivity (Wildman–Crippen MR) is 194 cm³/mol. The lowest BCUT2D eigenvalue weighted by Crippen LogP contribution is -2.55. The van der Waals surface area contributed by atoms with Crippen molar-refractivity contribution in [3.63, 3.8) is 0 Å². The summed E-state index contributed by atoms with van der Waals surface area (Å²) in [6.07, 6.45) is 5.24. The summed E-state index contributed by atoms with van der Waals surface area (Å²) in [5, 5.41) is 3.44. The molecule has 1 atom stereocenters. The van der Waals surface area contributed by atoms with E-state index in [-0.39, 0.29) is 40.5 Å². The maximum atomic E-state index is 14.7. The van der Waals surface area contributed by atoms with E-state index in [2.05, 4.69) is 5.32 Å². The van der Waals surface area contributed by atoms with E-state index < -0.39 is 28.5 Å². The Balaban J connectivity index is 1.58. The van der Waals surface area contributed by atoms with Crippen LogP contribution in [0.1, 0.15) is 54.4 Å². The molecule has 0 radical (unpaired) electrons. The highest BCUT2D eigenvalue weighted by Gasteiger charge is 2.35.